The van der Waals surface area contributed by atoms with Gasteiger partial charge in [0, 0.05) is 31.4 Å². The van der Waals surface area contributed by atoms with Gasteiger partial charge >= 0.3 is 0 Å². The van der Waals surface area contributed by atoms with Crippen LogP contribution in [0.25, 0.3) is 0 Å². The Bertz CT molecular complexity index is 578. The zero-order valence-electron chi connectivity index (χ0n) is 10.6. The summed E-state index contributed by atoms with van der Waals surface area (Å²) in [5.41, 5.74) is 4.20. The lowest BCUT2D eigenvalue weighted by Crippen LogP contribution is -2.13. The van der Waals surface area contributed by atoms with Crippen LogP contribution in [0.1, 0.15) is 22.4 Å². The molecule has 0 bridgehead atoms. The third kappa shape index (κ3) is 2.76. The first-order valence-corrected chi connectivity index (χ1v) is 5.88. The zero-order chi connectivity index (χ0) is 13.0. The van der Waals surface area contributed by atoms with Crippen molar-refractivity contribution in [2.75, 3.05) is 0 Å². The minimum absolute atomic E-state index is 0.701. The molecule has 0 saturated heterocycles. The molecule has 0 aliphatic carbocycles. The predicted octanol–water partition coefficient (Wildman–Crippen LogP) is 1.89. The molecule has 4 heteroatoms. The van der Waals surface area contributed by atoms with Gasteiger partial charge in [-0.3, -0.25) is 4.68 Å². The standard InChI is InChI=1S/C14H16N4/c1-11-14(10-17-18(11)2)9-16-8-13-5-3-4-12(6-13)7-15/h3-6,10,16H,8-9H2,1-2H3. The van der Waals surface area contributed by atoms with Crippen LogP contribution in [0.5, 0.6) is 0 Å². The van der Waals surface area contributed by atoms with Crippen molar-refractivity contribution in [1.82, 2.24) is 15.1 Å². The van der Waals surface area contributed by atoms with Crippen LogP contribution < -0.4 is 5.32 Å². The average Bonchev–Trinajstić information content (AvgIpc) is 2.71. The smallest absolute Gasteiger partial charge is 0.0991 e. The number of hydrogen-bond donors (Lipinski definition) is 1. The summed E-state index contributed by atoms with van der Waals surface area (Å²) in [6.45, 7) is 3.60. The minimum atomic E-state index is 0.701. The molecule has 1 aromatic carbocycles. The van der Waals surface area contributed by atoms with Crippen LogP contribution in [0.15, 0.2) is 30.5 Å². The van der Waals surface area contributed by atoms with Gasteiger partial charge in [-0.1, -0.05) is 12.1 Å². The van der Waals surface area contributed by atoms with Crippen molar-refractivity contribution in [2.45, 2.75) is 20.0 Å². The highest BCUT2D eigenvalue weighted by molar-refractivity contribution is 5.32. The highest BCUT2D eigenvalue weighted by Crippen LogP contribution is 2.07. The molecule has 0 aliphatic heterocycles. The van der Waals surface area contributed by atoms with Crippen LogP contribution >= 0.6 is 0 Å². The molecule has 0 saturated carbocycles. The molecule has 4 nitrogen and oxygen atoms in total. The van der Waals surface area contributed by atoms with E-state index in [1.165, 1.54) is 11.3 Å². The molecule has 92 valence electrons. The summed E-state index contributed by atoms with van der Waals surface area (Å²) in [5.74, 6) is 0. The molecule has 0 atom stereocenters. The maximum absolute atomic E-state index is 8.82. The zero-order valence-corrected chi connectivity index (χ0v) is 10.6. The van der Waals surface area contributed by atoms with Crippen LogP contribution in [0.4, 0.5) is 0 Å². The predicted molar refractivity (Wildman–Crippen MR) is 69.6 cm³/mol. The molecule has 1 heterocycles. The first-order chi connectivity index (χ1) is 8.70. The van der Waals surface area contributed by atoms with Crippen molar-refractivity contribution in [3.8, 4) is 6.07 Å². The molecule has 1 N–H and O–H groups in total. The topological polar surface area (TPSA) is 53.6 Å². The molecule has 18 heavy (non-hydrogen) atoms. The fourth-order valence-electron chi connectivity index (χ4n) is 1.81. The molecule has 0 fully saturated rings. The third-order valence-electron chi connectivity index (χ3n) is 3.04. The number of aryl methyl sites for hydroxylation is 1. The summed E-state index contributed by atoms with van der Waals surface area (Å²) >= 11 is 0. The summed E-state index contributed by atoms with van der Waals surface area (Å²) in [7, 11) is 1.94. The van der Waals surface area contributed by atoms with Gasteiger partial charge in [0.15, 0.2) is 0 Å². The summed E-state index contributed by atoms with van der Waals surface area (Å²) in [4.78, 5) is 0. The Hall–Kier alpha value is -2.12. The van der Waals surface area contributed by atoms with Crippen LogP contribution in [-0.4, -0.2) is 9.78 Å². The molecule has 0 amide bonds. The number of hydrogen-bond acceptors (Lipinski definition) is 3. The summed E-state index contributed by atoms with van der Waals surface area (Å²) in [5, 5.41) is 16.4. The normalized spacial score (nSPS) is 10.3. The van der Waals surface area contributed by atoms with Crippen LogP contribution in [0, 0.1) is 18.3 Å². The van der Waals surface area contributed by atoms with Crippen molar-refractivity contribution >= 4 is 0 Å². The van der Waals surface area contributed by atoms with Crippen molar-refractivity contribution in [3.63, 3.8) is 0 Å². The third-order valence-corrected chi connectivity index (χ3v) is 3.04. The maximum Gasteiger partial charge on any atom is 0.0991 e. The first kappa shape index (κ1) is 12.3. The molecule has 2 aromatic rings. The molecule has 1 aromatic heterocycles. The van der Waals surface area contributed by atoms with Crippen LogP contribution in [0.2, 0.25) is 0 Å². The number of benzene rings is 1. The number of nitrogens with one attached hydrogen (secondary N) is 1. The van der Waals surface area contributed by atoms with E-state index < -0.39 is 0 Å². The van der Waals surface area contributed by atoms with Crippen LogP contribution in [-0.2, 0) is 20.1 Å². The largest absolute Gasteiger partial charge is 0.308 e. The van der Waals surface area contributed by atoms with Gasteiger partial charge in [0.1, 0.15) is 0 Å². The quantitative estimate of drug-likeness (QED) is 0.888. The summed E-state index contributed by atoms with van der Waals surface area (Å²) in [6.07, 6.45) is 1.88. The van der Waals surface area contributed by atoms with Gasteiger partial charge in [0.2, 0.25) is 0 Å². The Balaban J connectivity index is 1.92. The highest BCUT2D eigenvalue weighted by atomic mass is 15.3. The van der Waals surface area contributed by atoms with Crippen molar-refractivity contribution in [2.24, 2.45) is 7.05 Å². The van der Waals surface area contributed by atoms with Gasteiger partial charge in [-0.2, -0.15) is 10.4 Å². The summed E-state index contributed by atoms with van der Waals surface area (Å²) in [6, 6.07) is 9.79. The monoisotopic (exact) mass is 240 g/mol. The first-order valence-electron chi connectivity index (χ1n) is 5.88. The molecule has 0 radical (unpaired) electrons. The van der Waals surface area contributed by atoms with Crippen LogP contribution in [0.3, 0.4) is 0 Å². The molecular formula is C14H16N4. The van der Waals surface area contributed by atoms with E-state index in [-0.39, 0.29) is 0 Å². The van der Waals surface area contributed by atoms with E-state index in [4.69, 9.17) is 5.26 Å². The van der Waals surface area contributed by atoms with Crippen molar-refractivity contribution in [3.05, 3.63) is 52.8 Å². The SMILES string of the molecule is Cc1c(CNCc2cccc(C#N)c2)cnn1C. The van der Waals surface area contributed by atoms with Crippen molar-refractivity contribution in [1.29, 1.82) is 5.26 Å². The van der Waals surface area contributed by atoms with Gasteiger partial charge in [-0.05, 0) is 24.6 Å². The van der Waals surface area contributed by atoms with E-state index >= 15 is 0 Å². The maximum atomic E-state index is 8.82. The lowest BCUT2D eigenvalue weighted by molar-refractivity contribution is 0.684. The molecule has 2 rings (SSSR count). The number of aromatic nitrogens is 2. The number of rotatable bonds is 4. The second-order valence-electron chi connectivity index (χ2n) is 4.29. The van der Waals surface area contributed by atoms with E-state index in [9.17, 15) is 0 Å². The van der Waals surface area contributed by atoms with Crippen molar-refractivity contribution < 1.29 is 0 Å². The Morgan fingerprint density at radius 1 is 1.39 bits per heavy atom. The Kier molecular flexibility index (Phi) is 3.75. The van der Waals surface area contributed by atoms with Gasteiger partial charge in [0.05, 0.1) is 17.8 Å². The Morgan fingerprint density at radius 3 is 2.89 bits per heavy atom. The fraction of sp³-hybridized carbons (Fsp3) is 0.286. The fourth-order valence-corrected chi connectivity index (χ4v) is 1.81. The minimum Gasteiger partial charge on any atom is -0.308 e. The van der Waals surface area contributed by atoms with Gasteiger partial charge in [-0.25, -0.2) is 0 Å². The van der Waals surface area contributed by atoms with E-state index in [2.05, 4.69) is 23.4 Å². The summed E-state index contributed by atoms with van der Waals surface area (Å²) < 4.78 is 1.87. The second-order valence-corrected chi connectivity index (χ2v) is 4.29. The molecular weight excluding hydrogens is 224 g/mol. The Morgan fingerprint density at radius 2 is 2.22 bits per heavy atom. The van der Waals surface area contributed by atoms with Gasteiger partial charge < -0.3 is 5.32 Å². The molecule has 0 aliphatic rings. The van der Waals surface area contributed by atoms with E-state index in [0.717, 1.165) is 18.7 Å². The average molecular weight is 240 g/mol. The van der Waals surface area contributed by atoms with Gasteiger partial charge in [-0.15, -0.1) is 0 Å². The molecule has 0 unspecified atom stereocenters. The van der Waals surface area contributed by atoms with E-state index in [1.54, 1.807) is 0 Å². The number of nitrogens with zero attached hydrogens (tertiary/aromatic N) is 3. The Labute approximate surface area is 107 Å². The van der Waals surface area contributed by atoms with E-state index in [0.29, 0.717) is 5.56 Å². The van der Waals surface area contributed by atoms with E-state index in [1.807, 2.05) is 42.2 Å². The lowest BCUT2D eigenvalue weighted by Gasteiger charge is -2.05. The second kappa shape index (κ2) is 5.48. The molecule has 0 spiro atoms. The lowest BCUT2D eigenvalue weighted by atomic mass is 10.1. The highest BCUT2D eigenvalue weighted by Gasteiger charge is 2.02. The number of nitriles is 1. The van der Waals surface area contributed by atoms with Gasteiger partial charge in [0.25, 0.3) is 0 Å².